The van der Waals surface area contributed by atoms with Crippen LogP contribution in [0.2, 0.25) is 0 Å². The van der Waals surface area contributed by atoms with Gasteiger partial charge in [0.05, 0.1) is 17.1 Å². The lowest BCUT2D eigenvalue weighted by Crippen LogP contribution is -2.21. The summed E-state index contributed by atoms with van der Waals surface area (Å²) in [4.78, 5) is 15.9. The second-order valence-electron chi connectivity index (χ2n) is 3.50. The van der Waals surface area contributed by atoms with Gasteiger partial charge in [0.2, 0.25) is 0 Å². The molecule has 0 saturated heterocycles. The van der Waals surface area contributed by atoms with E-state index in [1.54, 1.807) is 11.3 Å². The van der Waals surface area contributed by atoms with Gasteiger partial charge in [-0.05, 0) is 20.8 Å². The summed E-state index contributed by atoms with van der Waals surface area (Å²) in [6.07, 6.45) is 0.154. The molecule has 0 fully saturated rings. The third kappa shape index (κ3) is 3.60. The average molecular weight is 228 g/mol. The topological polar surface area (TPSA) is 62.2 Å². The van der Waals surface area contributed by atoms with Gasteiger partial charge in [0.15, 0.2) is 0 Å². The Balaban J connectivity index is 2.50. The summed E-state index contributed by atoms with van der Waals surface area (Å²) in [6.45, 7) is 6.48. The maximum Gasteiger partial charge on any atom is 0.304 e. The molecule has 0 aliphatic heterocycles. The molecule has 0 bridgehead atoms. The number of carboxylic acid groups (broad SMARTS) is 1. The molecule has 0 aliphatic carbocycles. The fourth-order valence-electron chi connectivity index (χ4n) is 1.44. The van der Waals surface area contributed by atoms with Crippen LogP contribution in [0.15, 0.2) is 0 Å². The Morgan fingerprint density at radius 3 is 2.73 bits per heavy atom. The Bertz CT molecular complexity index is 349. The van der Waals surface area contributed by atoms with Crippen LogP contribution in [0.25, 0.3) is 0 Å². The van der Waals surface area contributed by atoms with Crippen LogP contribution in [0, 0.1) is 13.8 Å². The molecule has 0 radical (unpaired) electrons. The van der Waals surface area contributed by atoms with Crippen LogP contribution in [-0.4, -0.2) is 22.6 Å². The van der Waals surface area contributed by atoms with Gasteiger partial charge in [-0.2, -0.15) is 0 Å². The van der Waals surface area contributed by atoms with Crippen molar-refractivity contribution in [3.8, 4) is 0 Å². The van der Waals surface area contributed by atoms with Crippen molar-refractivity contribution < 1.29 is 9.90 Å². The second-order valence-corrected chi connectivity index (χ2v) is 4.74. The maximum atomic E-state index is 10.3. The number of thiazole rings is 1. The van der Waals surface area contributed by atoms with Crippen LogP contribution in [0.4, 0.5) is 0 Å². The number of hydrogen-bond acceptors (Lipinski definition) is 4. The molecular weight excluding hydrogens is 212 g/mol. The molecule has 1 heterocycles. The van der Waals surface area contributed by atoms with E-state index >= 15 is 0 Å². The summed E-state index contributed by atoms with van der Waals surface area (Å²) in [5.41, 5.74) is 1.04. The smallest absolute Gasteiger partial charge is 0.304 e. The molecule has 1 aromatic heterocycles. The molecule has 15 heavy (non-hydrogen) atoms. The summed E-state index contributed by atoms with van der Waals surface area (Å²) >= 11 is 1.66. The zero-order chi connectivity index (χ0) is 11.4. The van der Waals surface area contributed by atoms with E-state index in [1.807, 2.05) is 20.8 Å². The monoisotopic (exact) mass is 228 g/mol. The first kappa shape index (κ1) is 12.1. The van der Waals surface area contributed by atoms with Crippen molar-refractivity contribution in [1.29, 1.82) is 0 Å². The minimum absolute atomic E-state index is 0.154. The van der Waals surface area contributed by atoms with Gasteiger partial charge in [-0.25, -0.2) is 4.98 Å². The lowest BCUT2D eigenvalue weighted by molar-refractivity contribution is -0.136. The standard InChI is InChI=1S/C10H16N2O2S/c1-6(11-5-4-9(13)14)10-7(2)12-8(3)15-10/h6,11H,4-5H2,1-3H3,(H,13,14). The lowest BCUT2D eigenvalue weighted by Gasteiger charge is -2.11. The number of carbonyl (C=O) groups is 1. The van der Waals surface area contributed by atoms with Crippen molar-refractivity contribution >= 4 is 17.3 Å². The molecule has 1 rings (SSSR count). The maximum absolute atomic E-state index is 10.3. The van der Waals surface area contributed by atoms with Gasteiger partial charge in [0.1, 0.15) is 0 Å². The normalized spacial score (nSPS) is 12.7. The van der Waals surface area contributed by atoms with Crippen LogP contribution < -0.4 is 5.32 Å². The van der Waals surface area contributed by atoms with E-state index in [0.717, 1.165) is 10.7 Å². The molecule has 2 N–H and O–H groups in total. The zero-order valence-corrected chi connectivity index (χ0v) is 10.0. The summed E-state index contributed by atoms with van der Waals surface area (Å²) < 4.78 is 0. The molecule has 0 spiro atoms. The van der Waals surface area contributed by atoms with Crippen molar-refractivity contribution in [2.45, 2.75) is 33.2 Å². The van der Waals surface area contributed by atoms with E-state index in [4.69, 9.17) is 5.11 Å². The molecule has 0 saturated carbocycles. The molecule has 0 aromatic carbocycles. The molecule has 5 heteroatoms. The number of carboxylic acids is 1. The van der Waals surface area contributed by atoms with Crippen molar-refractivity contribution in [3.05, 3.63) is 15.6 Å². The van der Waals surface area contributed by atoms with Gasteiger partial charge < -0.3 is 10.4 Å². The van der Waals surface area contributed by atoms with Crippen molar-refractivity contribution in [2.24, 2.45) is 0 Å². The predicted octanol–water partition coefficient (Wildman–Crippen LogP) is 1.89. The number of nitrogens with zero attached hydrogens (tertiary/aromatic N) is 1. The number of hydrogen-bond donors (Lipinski definition) is 2. The van der Waals surface area contributed by atoms with Gasteiger partial charge >= 0.3 is 5.97 Å². The highest BCUT2D eigenvalue weighted by Gasteiger charge is 2.12. The third-order valence-electron chi connectivity index (χ3n) is 2.12. The Labute approximate surface area is 93.4 Å². The molecule has 4 nitrogen and oxygen atoms in total. The summed E-state index contributed by atoms with van der Waals surface area (Å²) in [6, 6.07) is 0.176. The average Bonchev–Trinajstić information content (AvgIpc) is 2.44. The largest absolute Gasteiger partial charge is 0.481 e. The van der Waals surface area contributed by atoms with Crippen molar-refractivity contribution in [2.75, 3.05) is 6.54 Å². The summed E-state index contributed by atoms with van der Waals surface area (Å²) in [5.74, 6) is -0.771. The number of aryl methyl sites for hydroxylation is 2. The highest BCUT2D eigenvalue weighted by molar-refractivity contribution is 7.11. The van der Waals surface area contributed by atoms with Gasteiger partial charge in [0.25, 0.3) is 0 Å². The molecule has 1 aromatic rings. The fourth-order valence-corrected chi connectivity index (χ4v) is 2.39. The predicted molar refractivity (Wildman–Crippen MR) is 60.3 cm³/mol. The van der Waals surface area contributed by atoms with E-state index in [1.165, 1.54) is 4.88 Å². The molecule has 0 amide bonds. The number of aromatic nitrogens is 1. The van der Waals surface area contributed by atoms with Gasteiger partial charge in [-0.3, -0.25) is 4.79 Å². The quantitative estimate of drug-likeness (QED) is 0.807. The SMILES string of the molecule is Cc1nc(C)c(C(C)NCCC(=O)O)s1. The van der Waals surface area contributed by atoms with Crippen LogP contribution in [-0.2, 0) is 4.79 Å². The molecule has 84 valence electrons. The van der Waals surface area contributed by atoms with Crippen LogP contribution >= 0.6 is 11.3 Å². The van der Waals surface area contributed by atoms with Crippen LogP contribution in [0.5, 0.6) is 0 Å². The second kappa shape index (κ2) is 5.23. The first-order valence-corrected chi connectivity index (χ1v) is 5.71. The van der Waals surface area contributed by atoms with Crippen molar-refractivity contribution in [1.82, 2.24) is 10.3 Å². The Kier molecular flexibility index (Phi) is 4.23. The van der Waals surface area contributed by atoms with E-state index in [2.05, 4.69) is 10.3 Å². The Morgan fingerprint density at radius 1 is 1.60 bits per heavy atom. The minimum atomic E-state index is -0.771. The number of nitrogens with one attached hydrogen (secondary N) is 1. The molecule has 1 unspecified atom stereocenters. The number of aliphatic carboxylic acids is 1. The molecule has 0 aliphatic rings. The van der Waals surface area contributed by atoms with Gasteiger partial charge in [0, 0.05) is 17.5 Å². The Morgan fingerprint density at radius 2 is 2.27 bits per heavy atom. The first-order valence-electron chi connectivity index (χ1n) is 4.90. The third-order valence-corrected chi connectivity index (χ3v) is 3.38. The van der Waals surface area contributed by atoms with Crippen molar-refractivity contribution in [3.63, 3.8) is 0 Å². The van der Waals surface area contributed by atoms with E-state index < -0.39 is 5.97 Å². The summed E-state index contributed by atoms with van der Waals surface area (Å²) in [7, 11) is 0. The first-order chi connectivity index (χ1) is 7.00. The van der Waals surface area contributed by atoms with E-state index in [-0.39, 0.29) is 12.5 Å². The lowest BCUT2D eigenvalue weighted by atomic mass is 10.2. The number of rotatable bonds is 5. The van der Waals surface area contributed by atoms with Gasteiger partial charge in [-0.1, -0.05) is 0 Å². The van der Waals surface area contributed by atoms with Gasteiger partial charge in [-0.15, -0.1) is 11.3 Å². The zero-order valence-electron chi connectivity index (χ0n) is 9.20. The highest BCUT2D eigenvalue weighted by Crippen LogP contribution is 2.24. The Hall–Kier alpha value is -0.940. The fraction of sp³-hybridized carbons (Fsp3) is 0.600. The van der Waals surface area contributed by atoms with Crippen LogP contribution in [0.1, 0.15) is 35.0 Å². The minimum Gasteiger partial charge on any atom is -0.481 e. The molecular formula is C10H16N2O2S. The van der Waals surface area contributed by atoms with E-state index in [9.17, 15) is 4.79 Å². The van der Waals surface area contributed by atoms with E-state index in [0.29, 0.717) is 6.54 Å². The molecule has 1 atom stereocenters. The highest BCUT2D eigenvalue weighted by atomic mass is 32.1. The summed E-state index contributed by atoms with van der Waals surface area (Å²) in [5, 5.41) is 12.7. The van der Waals surface area contributed by atoms with Crippen LogP contribution in [0.3, 0.4) is 0 Å².